The van der Waals surface area contributed by atoms with Crippen molar-refractivity contribution < 1.29 is 14.3 Å². The zero-order valence-corrected chi connectivity index (χ0v) is 12.3. The SMILES string of the molecule is C/C=C\C(=C/C)COC(=O)NC1CC12CN(C(C)=O)C2. The molecular formula is C15H22N2O3. The molecule has 2 amide bonds. The largest absolute Gasteiger partial charge is 0.445 e. The molecule has 2 fully saturated rings. The number of nitrogens with zero attached hydrogens (tertiary/aromatic N) is 1. The van der Waals surface area contributed by atoms with Gasteiger partial charge in [0.05, 0.1) is 0 Å². The molecule has 1 saturated heterocycles. The number of carbonyl (C=O) groups is 2. The molecule has 5 nitrogen and oxygen atoms in total. The normalized spacial score (nSPS) is 23.6. The number of allylic oxidation sites excluding steroid dienone is 2. The summed E-state index contributed by atoms with van der Waals surface area (Å²) in [5.74, 6) is 0.105. The molecule has 0 aromatic carbocycles. The van der Waals surface area contributed by atoms with Crippen LogP contribution in [0.2, 0.25) is 0 Å². The standard InChI is InChI=1S/C15H22N2O3/c1-4-6-12(5-2)8-20-14(19)16-13-7-15(13)9-17(10-15)11(3)18/h4-6,13H,7-10H2,1-3H3,(H,16,19)/b6-4-,12-5+. The average molecular weight is 278 g/mol. The Morgan fingerprint density at radius 2 is 2.10 bits per heavy atom. The molecule has 1 aliphatic carbocycles. The maximum Gasteiger partial charge on any atom is 0.407 e. The van der Waals surface area contributed by atoms with Crippen molar-refractivity contribution >= 4 is 12.0 Å². The van der Waals surface area contributed by atoms with Gasteiger partial charge in [-0.15, -0.1) is 0 Å². The van der Waals surface area contributed by atoms with Crippen LogP contribution < -0.4 is 5.32 Å². The zero-order valence-electron chi connectivity index (χ0n) is 12.3. The Morgan fingerprint density at radius 3 is 2.65 bits per heavy atom. The van der Waals surface area contributed by atoms with Crippen LogP contribution in [0.5, 0.6) is 0 Å². The summed E-state index contributed by atoms with van der Waals surface area (Å²) in [5.41, 5.74) is 1.09. The van der Waals surface area contributed by atoms with Crippen LogP contribution in [0.1, 0.15) is 27.2 Å². The molecule has 1 saturated carbocycles. The molecule has 1 spiro atoms. The molecule has 0 radical (unpaired) electrons. The van der Waals surface area contributed by atoms with Crippen LogP contribution in [0.25, 0.3) is 0 Å². The van der Waals surface area contributed by atoms with Gasteiger partial charge in [0.2, 0.25) is 5.91 Å². The second-order valence-electron chi connectivity index (χ2n) is 5.58. The third-order valence-electron chi connectivity index (χ3n) is 4.06. The predicted octanol–water partition coefficient (Wildman–Crippen LogP) is 1.86. The molecule has 0 bridgehead atoms. The lowest BCUT2D eigenvalue weighted by Gasteiger charge is -2.40. The van der Waals surface area contributed by atoms with Gasteiger partial charge in [-0.2, -0.15) is 0 Å². The molecule has 1 heterocycles. The van der Waals surface area contributed by atoms with Crippen LogP contribution >= 0.6 is 0 Å². The van der Waals surface area contributed by atoms with Crippen LogP contribution in [0.3, 0.4) is 0 Å². The van der Waals surface area contributed by atoms with Gasteiger partial charge in [0.15, 0.2) is 0 Å². The number of likely N-dealkylation sites (tertiary alicyclic amines) is 1. The van der Waals surface area contributed by atoms with E-state index < -0.39 is 0 Å². The van der Waals surface area contributed by atoms with Gasteiger partial charge in [-0.3, -0.25) is 4.79 Å². The summed E-state index contributed by atoms with van der Waals surface area (Å²) in [6.45, 7) is 7.21. The van der Waals surface area contributed by atoms with Gasteiger partial charge in [0.25, 0.3) is 0 Å². The summed E-state index contributed by atoms with van der Waals surface area (Å²) < 4.78 is 5.18. The van der Waals surface area contributed by atoms with E-state index in [4.69, 9.17) is 4.74 Å². The Bertz CT molecular complexity index is 462. The van der Waals surface area contributed by atoms with E-state index >= 15 is 0 Å². The summed E-state index contributed by atoms with van der Waals surface area (Å²) in [7, 11) is 0. The van der Waals surface area contributed by atoms with Gasteiger partial charge in [-0.05, 0) is 25.8 Å². The fraction of sp³-hybridized carbons (Fsp3) is 0.600. The molecule has 1 N–H and O–H groups in total. The fourth-order valence-electron chi connectivity index (χ4n) is 2.61. The number of rotatable bonds is 4. The van der Waals surface area contributed by atoms with Crippen molar-refractivity contribution in [2.75, 3.05) is 19.7 Å². The first-order valence-electron chi connectivity index (χ1n) is 6.97. The van der Waals surface area contributed by atoms with Gasteiger partial charge >= 0.3 is 6.09 Å². The monoisotopic (exact) mass is 278 g/mol. The van der Waals surface area contributed by atoms with Crippen molar-refractivity contribution in [1.82, 2.24) is 10.2 Å². The van der Waals surface area contributed by atoms with E-state index in [9.17, 15) is 9.59 Å². The number of ether oxygens (including phenoxy) is 1. The minimum atomic E-state index is -0.378. The molecular weight excluding hydrogens is 256 g/mol. The molecule has 110 valence electrons. The summed E-state index contributed by atoms with van der Waals surface area (Å²) in [5, 5.41) is 2.88. The van der Waals surface area contributed by atoms with Crippen LogP contribution in [0.4, 0.5) is 4.79 Å². The van der Waals surface area contributed by atoms with Crippen molar-refractivity contribution in [3.05, 3.63) is 23.8 Å². The van der Waals surface area contributed by atoms with Crippen molar-refractivity contribution in [1.29, 1.82) is 0 Å². The topological polar surface area (TPSA) is 58.6 Å². The van der Waals surface area contributed by atoms with Crippen molar-refractivity contribution in [3.63, 3.8) is 0 Å². The van der Waals surface area contributed by atoms with E-state index in [1.807, 2.05) is 32.1 Å². The van der Waals surface area contributed by atoms with E-state index in [1.165, 1.54) is 0 Å². The highest BCUT2D eigenvalue weighted by atomic mass is 16.5. The van der Waals surface area contributed by atoms with Gasteiger partial charge < -0.3 is 15.0 Å². The number of carbonyl (C=O) groups excluding carboxylic acids is 2. The van der Waals surface area contributed by atoms with Crippen LogP contribution in [-0.4, -0.2) is 42.6 Å². The number of hydrogen-bond acceptors (Lipinski definition) is 3. The summed E-state index contributed by atoms with van der Waals surface area (Å²) in [6, 6.07) is 0.154. The number of alkyl carbamates (subject to hydrolysis) is 1. The molecule has 5 heteroatoms. The first-order chi connectivity index (χ1) is 9.50. The van der Waals surface area contributed by atoms with Crippen molar-refractivity contribution in [3.8, 4) is 0 Å². The van der Waals surface area contributed by atoms with E-state index in [2.05, 4.69) is 5.32 Å². The Hall–Kier alpha value is -1.78. The third kappa shape index (κ3) is 3.03. The smallest absolute Gasteiger partial charge is 0.407 e. The van der Waals surface area contributed by atoms with Crippen LogP contribution in [0.15, 0.2) is 23.8 Å². The maximum absolute atomic E-state index is 11.7. The minimum absolute atomic E-state index is 0.105. The van der Waals surface area contributed by atoms with Crippen LogP contribution in [0, 0.1) is 5.41 Å². The molecule has 2 rings (SSSR count). The van der Waals surface area contributed by atoms with E-state index in [1.54, 1.807) is 11.8 Å². The number of nitrogens with one attached hydrogen (secondary N) is 1. The number of hydrogen-bond donors (Lipinski definition) is 1. The second kappa shape index (κ2) is 5.69. The highest BCUT2D eigenvalue weighted by Crippen LogP contribution is 2.53. The molecule has 0 aromatic rings. The first kappa shape index (κ1) is 14.6. The Labute approximate surface area is 119 Å². The van der Waals surface area contributed by atoms with Gasteiger partial charge in [-0.25, -0.2) is 4.79 Å². The van der Waals surface area contributed by atoms with Gasteiger partial charge in [0.1, 0.15) is 6.61 Å². The first-order valence-corrected chi connectivity index (χ1v) is 6.97. The minimum Gasteiger partial charge on any atom is -0.445 e. The second-order valence-corrected chi connectivity index (χ2v) is 5.58. The fourth-order valence-corrected chi connectivity index (χ4v) is 2.61. The Balaban J connectivity index is 1.69. The lowest BCUT2D eigenvalue weighted by molar-refractivity contribution is -0.136. The van der Waals surface area contributed by atoms with E-state index in [0.29, 0.717) is 0 Å². The Kier molecular flexibility index (Phi) is 4.16. The molecule has 1 aliphatic heterocycles. The van der Waals surface area contributed by atoms with Crippen molar-refractivity contribution in [2.24, 2.45) is 5.41 Å². The highest BCUT2D eigenvalue weighted by Gasteiger charge is 2.62. The maximum atomic E-state index is 11.7. The highest BCUT2D eigenvalue weighted by molar-refractivity contribution is 5.75. The lowest BCUT2D eigenvalue weighted by atomic mass is 9.96. The van der Waals surface area contributed by atoms with Gasteiger partial charge in [0, 0.05) is 31.5 Å². The van der Waals surface area contributed by atoms with E-state index in [0.717, 1.165) is 25.1 Å². The summed E-state index contributed by atoms with van der Waals surface area (Å²) in [4.78, 5) is 24.6. The molecule has 20 heavy (non-hydrogen) atoms. The molecule has 1 atom stereocenters. The predicted molar refractivity (Wildman–Crippen MR) is 76.1 cm³/mol. The molecule has 0 aromatic heterocycles. The summed E-state index contributed by atoms with van der Waals surface area (Å²) >= 11 is 0. The van der Waals surface area contributed by atoms with Crippen molar-refractivity contribution in [2.45, 2.75) is 33.2 Å². The molecule has 1 unspecified atom stereocenters. The zero-order chi connectivity index (χ0) is 14.8. The van der Waals surface area contributed by atoms with Gasteiger partial charge in [-0.1, -0.05) is 18.2 Å². The average Bonchev–Trinajstić information content (AvgIpc) is 3.06. The molecule has 2 aliphatic rings. The lowest BCUT2D eigenvalue weighted by Crippen LogP contribution is -2.54. The quantitative estimate of drug-likeness (QED) is 0.798. The summed E-state index contributed by atoms with van der Waals surface area (Å²) in [6.07, 6.45) is 6.32. The van der Waals surface area contributed by atoms with Crippen LogP contribution in [-0.2, 0) is 9.53 Å². The third-order valence-corrected chi connectivity index (χ3v) is 4.06. The Morgan fingerprint density at radius 1 is 1.40 bits per heavy atom. The van der Waals surface area contributed by atoms with E-state index in [-0.39, 0.29) is 30.1 Å². The number of amides is 2.